The van der Waals surface area contributed by atoms with E-state index in [0.717, 1.165) is 4.90 Å². The van der Waals surface area contributed by atoms with E-state index in [0.29, 0.717) is 11.8 Å². The number of halogens is 4. The lowest BCUT2D eigenvalue weighted by molar-refractivity contribution is -0.162. The zero-order chi connectivity index (χ0) is 12.1. The lowest BCUT2D eigenvalue weighted by Crippen LogP contribution is -2.42. The fourth-order valence-corrected chi connectivity index (χ4v) is 1.50. The molecule has 15 heavy (non-hydrogen) atoms. The molecule has 0 aliphatic carbocycles. The van der Waals surface area contributed by atoms with E-state index in [1.807, 2.05) is 0 Å². The van der Waals surface area contributed by atoms with Crippen molar-refractivity contribution in [2.75, 3.05) is 18.4 Å². The van der Waals surface area contributed by atoms with Crippen molar-refractivity contribution < 1.29 is 18.0 Å². The molecule has 0 aromatic carbocycles. The van der Waals surface area contributed by atoms with Crippen LogP contribution in [0.25, 0.3) is 0 Å². The second-order valence-electron chi connectivity index (χ2n) is 3.37. The molecule has 0 radical (unpaired) electrons. The minimum atomic E-state index is -4.33. The van der Waals surface area contributed by atoms with Crippen LogP contribution in [0.3, 0.4) is 0 Å². The van der Waals surface area contributed by atoms with Crippen LogP contribution in [-0.4, -0.2) is 35.4 Å². The molecule has 0 N–H and O–H groups in total. The molecule has 0 spiro atoms. The highest BCUT2D eigenvalue weighted by Crippen LogP contribution is 2.18. The van der Waals surface area contributed by atoms with Crippen LogP contribution in [0, 0.1) is 5.92 Å². The van der Waals surface area contributed by atoms with Crippen LogP contribution in [-0.2, 0) is 4.79 Å². The van der Waals surface area contributed by atoms with Crippen molar-refractivity contribution in [3.05, 3.63) is 0 Å². The molecule has 0 aromatic rings. The van der Waals surface area contributed by atoms with Crippen molar-refractivity contribution in [2.45, 2.75) is 26.4 Å². The quantitative estimate of drug-likeness (QED) is 0.713. The molecule has 6 heteroatoms. The Morgan fingerprint density at radius 1 is 1.47 bits per heavy atom. The molecule has 90 valence electrons. The van der Waals surface area contributed by atoms with Gasteiger partial charge >= 0.3 is 6.18 Å². The van der Waals surface area contributed by atoms with E-state index in [1.165, 1.54) is 0 Å². The van der Waals surface area contributed by atoms with Gasteiger partial charge in [-0.05, 0) is 6.42 Å². The molecule has 0 bridgehead atoms. The third kappa shape index (κ3) is 6.02. The fourth-order valence-electron chi connectivity index (χ4n) is 1.07. The normalized spacial score (nSPS) is 13.7. The molecule has 0 aromatic heterocycles. The Labute approximate surface area is 95.9 Å². The number of carbonyl (C=O) groups is 1. The largest absolute Gasteiger partial charge is 0.406 e. The summed E-state index contributed by atoms with van der Waals surface area (Å²) in [4.78, 5) is 12.4. The van der Waals surface area contributed by atoms with Crippen molar-refractivity contribution in [3.8, 4) is 0 Å². The monoisotopic (exact) mass is 289 g/mol. The van der Waals surface area contributed by atoms with Gasteiger partial charge in [-0.3, -0.25) is 4.79 Å². The molecule has 0 aliphatic heterocycles. The predicted molar refractivity (Wildman–Crippen MR) is 55.9 cm³/mol. The Balaban J connectivity index is 4.45. The maximum atomic E-state index is 12.1. The molecular formula is C9H15BrF3NO. The first-order chi connectivity index (χ1) is 6.81. The zero-order valence-electron chi connectivity index (χ0n) is 8.77. The molecule has 0 fully saturated rings. The summed E-state index contributed by atoms with van der Waals surface area (Å²) in [5.41, 5.74) is 0. The van der Waals surface area contributed by atoms with Crippen LogP contribution in [0.2, 0.25) is 0 Å². The van der Waals surface area contributed by atoms with Gasteiger partial charge in [0.2, 0.25) is 5.91 Å². The van der Waals surface area contributed by atoms with Crippen molar-refractivity contribution in [3.63, 3.8) is 0 Å². The Morgan fingerprint density at radius 3 is 2.33 bits per heavy atom. The van der Waals surface area contributed by atoms with Gasteiger partial charge in [0.05, 0.1) is 0 Å². The minimum absolute atomic E-state index is 0.0860. The van der Waals surface area contributed by atoms with Crippen LogP contribution in [0.5, 0.6) is 0 Å². The van der Waals surface area contributed by atoms with Gasteiger partial charge in [0.25, 0.3) is 0 Å². The maximum absolute atomic E-state index is 12.1. The molecule has 0 heterocycles. The van der Waals surface area contributed by atoms with E-state index in [-0.39, 0.29) is 12.5 Å². The Hall–Kier alpha value is -0.260. The summed E-state index contributed by atoms with van der Waals surface area (Å²) in [6.07, 6.45) is -3.78. The molecule has 2 nitrogen and oxygen atoms in total. The highest BCUT2D eigenvalue weighted by Gasteiger charge is 2.33. The second kappa shape index (κ2) is 6.35. The molecule has 0 rings (SSSR count). The first kappa shape index (κ1) is 14.7. The summed E-state index contributed by atoms with van der Waals surface area (Å²) in [6.45, 7) is 2.34. The first-order valence-corrected chi connectivity index (χ1v) is 5.85. The summed E-state index contributed by atoms with van der Waals surface area (Å²) in [5.74, 6) is -0.791. The van der Waals surface area contributed by atoms with Crippen molar-refractivity contribution in [2.24, 2.45) is 5.92 Å². The Morgan fingerprint density at radius 2 is 2.00 bits per heavy atom. The SMILES string of the molecule is CCC(C)C(=O)N(CCBr)CC(F)(F)F. The van der Waals surface area contributed by atoms with E-state index in [9.17, 15) is 18.0 Å². The number of rotatable bonds is 5. The van der Waals surface area contributed by atoms with Crippen molar-refractivity contribution in [1.29, 1.82) is 0 Å². The predicted octanol–water partition coefficient (Wildman–Crippen LogP) is 2.82. The van der Waals surface area contributed by atoms with Crippen LogP contribution in [0.1, 0.15) is 20.3 Å². The first-order valence-electron chi connectivity index (χ1n) is 4.73. The summed E-state index contributed by atoms with van der Waals surface area (Å²) in [5, 5.41) is 0.352. The van der Waals surface area contributed by atoms with E-state index in [4.69, 9.17) is 0 Å². The molecule has 0 saturated carbocycles. The Bertz CT molecular complexity index is 208. The number of amides is 1. The molecule has 0 saturated heterocycles. The number of nitrogens with zero attached hydrogens (tertiary/aromatic N) is 1. The highest BCUT2D eigenvalue weighted by atomic mass is 79.9. The van der Waals surface area contributed by atoms with Gasteiger partial charge in [0, 0.05) is 17.8 Å². The smallest absolute Gasteiger partial charge is 0.333 e. The number of carbonyl (C=O) groups excluding carboxylic acids is 1. The number of hydrogen-bond donors (Lipinski definition) is 0. The second-order valence-corrected chi connectivity index (χ2v) is 4.17. The fraction of sp³-hybridized carbons (Fsp3) is 0.889. The van der Waals surface area contributed by atoms with E-state index < -0.39 is 18.6 Å². The van der Waals surface area contributed by atoms with Gasteiger partial charge < -0.3 is 4.90 Å². The average molecular weight is 290 g/mol. The summed E-state index contributed by atoms with van der Waals surface area (Å²) < 4.78 is 36.4. The van der Waals surface area contributed by atoms with E-state index in [1.54, 1.807) is 13.8 Å². The molecule has 1 atom stereocenters. The molecular weight excluding hydrogens is 275 g/mol. The van der Waals surface area contributed by atoms with Gasteiger partial charge in [-0.1, -0.05) is 29.8 Å². The zero-order valence-corrected chi connectivity index (χ0v) is 10.4. The minimum Gasteiger partial charge on any atom is -0.333 e. The molecule has 1 amide bonds. The van der Waals surface area contributed by atoms with Gasteiger partial charge in [-0.2, -0.15) is 13.2 Å². The third-order valence-electron chi connectivity index (χ3n) is 2.07. The van der Waals surface area contributed by atoms with Gasteiger partial charge in [0.1, 0.15) is 6.54 Å². The summed E-state index contributed by atoms with van der Waals surface area (Å²) in [7, 11) is 0. The number of alkyl halides is 4. The molecule has 1 unspecified atom stereocenters. The van der Waals surface area contributed by atoms with Crippen molar-refractivity contribution in [1.82, 2.24) is 4.90 Å². The maximum Gasteiger partial charge on any atom is 0.406 e. The Kier molecular flexibility index (Phi) is 6.24. The summed E-state index contributed by atoms with van der Waals surface area (Å²) in [6, 6.07) is 0. The van der Waals surface area contributed by atoms with Gasteiger partial charge in [0.15, 0.2) is 0 Å². The highest BCUT2D eigenvalue weighted by molar-refractivity contribution is 9.09. The van der Waals surface area contributed by atoms with E-state index >= 15 is 0 Å². The lowest BCUT2D eigenvalue weighted by atomic mass is 10.1. The lowest BCUT2D eigenvalue weighted by Gasteiger charge is -2.25. The van der Waals surface area contributed by atoms with Gasteiger partial charge in [-0.25, -0.2) is 0 Å². The van der Waals surface area contributed by atoms with Crippen LogP contribution >= 0.6 is 15.9 Å². The van der Waals surface area contributed by atoms with Crippen LogP contribution < -0.4 is 0 Å². The third-order valence-corrected chi connectivity index (χ3v) is 2.42. The van der Waals surface area contributed by atoms with Crippen LogP contribution in [0.15, 0.2) is 0 Å². The average Bonchev–Trinajstić information content (AvgIpc) is 2.13. The topological polar surface area (TPSA) is 20.3 Å². The van der Waals surface area contributed by atoms with Gasteiger partial charge in [-0.15, -0.1) is 0 Å². The van der Waals surface area contributed by atoms with E-state index in [2.05, 4.69) is 15.9 Å². The van der Waals surface area contributed by atoms with Crippen molar-refractivity contribution >= 4 is 21.8 Å². The molecule has 0 aliphatic rings. The van der Waals surface area contributed by atoms with Crippen LogP contribution in [0.4, 0.5) is 13.2 Å². The summed E-state index contributed by atoms with van der Waals surface area (Å²) >= 11 is 3.04. The number of hydrogen-bond acceptors (Lipinski definition) is 1. The standard InChI is InChI=1S/C9H15BrF3NO/c1-3-7(2)8(15)14(5-4-10)6-9(11,12)13/h7H,3-6H2,1-2H3.